The number of pyridine rings is 1. The maximum atomic E-state index is 13.8. The molecule has 1 unspecified atom stereocenters. The van der Waals surface area contributed by atoms with E-state index in [1.165, 1.54) is 33.4 Å². The first-order chi connectivity index (χ1) is 22.4. The van der Waals surface area contributed by atoms with Gasteiger partial charge in [0.05, 0.1) is 23.9 Å². The lowest BCUT2D eigenvalue weighted by Gasteiger charge is -2.23. The minimum absolute atomic E-state index is 0.0495. The number of fused-ring (bicyclic) bond motifs is 2. The molecule has 230 valence electrons. The van der Waals surface area contributed by atoms with Crippen molar-refractivity contribution in [3.63, 3.8) is 0 Å². The third-order valence-electron chi connectivity index (χ3n) is 7.85. The Bertz CT molecular complexity index is 2150. The van der Waals surface area contributed by atoms with Crippen molar-refractivity contribution in [1.82, 2.24) is 19.6 Å². The molecule has 0 radical (unpaired) electrons. The highest BCUT2D eigenvalue weighted by atomic mass is 32.2. The molecule has 46 heavy (non-hydrogen) atoms. The molecule has 3 aromatic carbocycles. The van der Waals surface area contributed by atoms with Gasteiger partial charge in [0.15, 0.2) is 10.1 Å². The van der Waals surface area contributed by atoms with Gasteiger partial charge in [-0.05, 0) is 59.5 Å². The highest BCUT2D eigenvalue weighted by Crippen LogP contribution is 2.45. The number of benzene rings is 3. The fraction of sp³-hybridized carbons (Fsp3) is 0.171. The first kappa shape index (κ1) is 29.7. The molecule has 0 bridgehead atoms. The Morgan fingerprint density at radius 1 is 1.00 bits per heavy atom. The van der Waals surface area contributed by atoms with Crippen molar-refractivity contribution in [2.45, 2.75) is 36.4 Å². The Morgan fingerprint density at radius 2 is 1.80 bits per heavy atom. The smallest absolute Gasteiger partial charge is 0.301 e. The van der Waals surface area contributed by atoms with Crippen molar-refractivity contribution in [3.8, 4) is 5.75 Å². The molecule has 4 heterocycles. The minimum atomic E-state index is -0.970. The second kappa shape index (κ2) is 12.4. The first-order valence-electron chi connectivity index (χ1n) is 14.9. The maximum Gasteiger partial charge on any atom is 0.301 e. The third kappa shape index (κ3) is 5.31. The molecule has 1 N–H and O–H groups in total. The van der Waals surface area contributed by atoms with E-state index in [0.717, 1.165) is 17.4 Å². The summed E-state index contributed by atoms with van der Waals surface area (Å²) in [6.07, 6.45) is 2.58. The number of carbonyl (C=O) groups excluding carboxylic acids is 2. The standard InChI is InChI=1S/C35H29N5O4S2/c1-3-18-44-25-14-9-12-23(19-25)30-28(31(41)29-21(2)36-27-16-6-7-17-39(27)29)32(42)33(43)40(30)34-37-38-35(46-34)45-20-24-13-8-11-22-10-4-5-15-26(22)24/h4-17,19,30,41H,3,18,20H2,1-2H3/b31-28+. The normalized spacial score (nSPS) is 16.1. The summed E-state index contributed by atoms with van der Waals surface area (Å²) in [5.74, 6) is -0.660. The van der Waals surface area contributed by atoms with Crippen LogP contribution in [0, 0.1) is 6.92 Å². The molecule has 7 rings (SSSR count). The maximum absolute atomic E-state index is 13.8. The summed E-state index contributed by atoms with van der Waals surface area (Å²) in [5.41, 5.74) is 3.19. The second-order valence-corrected chi connectivity index (χ2v) is 13.0. The van der Waals surface area contributed by atoms with Gasteiger partial charge >= 0.3 is 5.91 Å². The number of hydrogen-bond acceptors (Lipinski definition) is 9. The zero-order valence-electron chi connectivity index (χ0n) is 25.1. The number of thioether (sulfide) groups is 1. The topological polar surface area (TPSA) is 110 Å². The van der Waals surface area contributed by atoms with Gasteiger partial charge in [-0.2, -0.15) is 0 Å². The molecule has 1 fully saturated rings. The zero-order valence-corrected chi connectivity index (χ0v) is 26.7. The first-order valence-corrected chi connectivity index (χ1v) is 16.7. The van der Waals surface area contributed by atoms with E-state index in [0.29, 0.717) is 45.0 Å². The van der Waals surface area contributed by atoms with Crippen molar-refractivity contribution in [3.05, 3.63) is 119 Å². The van der Waals surface area contributed by atoms with Crippen LogP contribution in [0.3, 0.4) is 0 Å². The van der Waals surface area contributed by atoms with Crippen LogP contribution in [0.5, 0.6) is 5.75 Å². The van der Waals surface area contributed by atoms with Gasteiger partial charge < -0.3 is 9.84 Å². The number of anilines is 1. The number of aliphatic hydroxyl groups is 1. The molecule has 6 aromatic rings. The number of nitrogens with zero attached hydrogens (tertiary/aromatic N) is 5. The lowest BCUT2D eigenvalue weighted by atomic mass is 9.96. The van der Waals surface area contributed by atoms with Gasteiger partial charge in [0.25, 0.3) is 5.78 Å². The molecule has 3 aromatic heterocycles. The van der Waals surface area contributed by atoms with E-state index >= 15 is 0 Å². The molecule has 0 spiro atoms. The van der Waals surface area contributed by atoms with Crippen molar-refractivity contribution in [2.24, 2.45) is 0 Å². The summed E-state index contributed by atoms with van der Waals surface area (Å²) in [7, 11) is 0. The molecular formula is C35H29N5O4S2. The summed E-state index contributed by atoms with van der Waals surface area (Å²) in [5, 5.41) is 23.2. The SMILES string of the molecule is CCCOc1cccc(C2/C(=C(\O)c3c(C)nc4ccccn34)C(=O)C(=O)N2c2nnc(SCc3cccc4ccccc34)s2)c1. The summed E-state index contributed by atoms with van der Waals surface area (Å²) in [6, 6.07) is 26.2. The molecule has 0 saturated carbocycles. The number of hydrogen-bond donors (Lipinski definition) is 1. The van der Waals surface area contributed by atoms with E-state index in [-0.39, 0.29) is 16.5 Å². The van der Waals surface area contributed by atoms with Gasteiger partial charge in [0, 0.05) is 11.9 Å². The zero-order chi connectivity index (χ0) is 31.8. The van der Waals surface area contributed by atoms with Gasteiger partial charge in [-0.15, -0.1) is 10.2 Å². The van der Waals surface area contributed by atoms with Crippen LogP contribution in [-0.2, 0) is 15.3 Å². The van der Waals surface area contributed by atoms with Crippen molar-refractivity contribution in [2.75, 3.05) is 11.5 Å². The van der Waals surface area contributed by atoms with Crippen molar-refractivity contribution >= 4 is 62.1 Å². The predicted octanol–water partition coefficient (Wildman–Crippen LogP) is 7.35. The molecule has 1 atom stereocenters. The van der Waals surface area contributed by atoms with Gasteiger partial charge in [-0.1, -0.05) is 90.7 Å². The van der Waals surface area contributed by atoms with Crippen LogP contribution in [-0.4, -0.2) is 43.0 Å². The summed E-state index contributed by atoms with van der Waals surface area (Å²) >= 11 is 2.75. The number of carbonyl (C=O) groups is 2. The van der Waals surface area contributed by atoms with E-state index in [4.69, 9.17) is 4.74 Å². The number of aromatic nitrogens is 4. The number of aliphatic hydroxyl groups excluding tert-OH is 1. The lowest BCUT2D eigenvalue weighted by Crippen LogP contribution is -2.29. The van der Waals surface area contributed by atoms with E-state index in [1.54, 1.807) is 23.6 Å². The number of amides is 1. The average molecular weight is 648 g/mol. The Morgan fingerprint density at radius 3 is 2.67 bits per heavy atom. The lowest BCUT2D eigenvalue weighted by molar-refractivity contribution is -0.132. The fourth-order valence-corrected chi connectivity index (χ4v) is 7.65. The average Bonchev–Trinajstić information content (AvgIpc) is 3.76. The Hall–Kier alpha value is -5.00. The molecule has 11 heteroatoms. The second-order valence-electron chi connectivity index (χ2n) is 10.8. The van der Waals surface area contributed by atoms with E-state index < -0.39 is 17.7 Å². The number of rotatable bonds is 9. The van der Waals surface area contributed by atoms with Crippen molar-refractivity contribution in [1.29, 1.82) is 0 Å². The summed E-state index contributed by atoms with van der Waals surface area (Å²) < 4.78 is 8.26. The monoisotopic (exact) mass is 647 g/mol. The molecule has 0 aliphatic carbocycles. The third-order valence-corrected chi connectivity index (χ3v) is 9.96. The largest absolute Gasteiger partial charge is 0.505 e. The van der Waals surface area contributed by atoms with Crippen LogP contribution in [0.1, 0.15) is 41.9 Å². The summed E-state index contributed by atoms with van der Waals surface area (Å²) in [6.45, 7) is 4.29. The number of imidazole rings is 1. The van der Waals surface area contributed by atoms with Crippen LogP contribution in [0.4, 0.5) is 5.13 Å². The molecule has 1 amide bonds. The molecular weight excluding hydrogens is 619 g/mol. The number of aryl methyl sites for hydroxylation is 1. The van der Waals surface area contributed by atoms with Gasteiger partial charge in [0.1, 0.15) is 17.1 Å². The number of ether oxygens (including phenoxy) is 1. The van der Waals surface area contributed by atoms with Crippen LogP contribution in [0.2, 0.25) is 0 Å². The van der Waals surface area contributed by atoms with E-state index in [1.807, 2.05) is 61.5 Å². The van der Waals surface area contributed by atoms with E-state index in [2.05, 4.69) is 39.4 Å². The molecule has 1 aliphatic heterocycles. The Kier molecular flexibility index (Phi) is 8.02. The quantitative estimate of drug-likeness (QED) is 0.0570. The van der Waals surface area contributed by atoms with E-state index in [9.17, 15) is 14.7 Å². The Balaban J connectivity index is 1.30. The van der Waals surface area contributed by atoms with Crippen LogP contribution < -0.4 is 9.64 Å². The molecule has 1 saturated heterocycles. The number of Topliss-reactive ketones (excluding diaryl/α,β-unsaturated/α-hetero) is 1. The molecule has 9 nitrogen and oxygen atoms in total. The van der Waals surface area contributed by atoms with Crippen LogP contribution >= 0.6 is 23.1 Å². The Labute approximate surface area is 273 Å². The van der Waals surface area contributed by atoms with Crippen molar-refractivity contribution < 1.29 is 19.4 Å². The molecule has 1 aliphatic rings. The fourth-order valence-electron chi connectivity index (χ4n) is 5.78. The number of ketones is 1. The highest BCUT2D eigenvalue weighted by Gasteiger charge is 2.49. The summed E-state index contributed by atoms with van der Waals surface area (Å²) in [4.78, 5) is 33.6. The van der Waals surface area contributed by atoms with Crippen LogP contribution in [0.15, 0.2) is 101 Å². The van der Waals surface area contributed by atoms with Gasteiger partial charge in [-0.3, -0.25) is 18.9 Å². The van der Waals surface area contributed by atoms with Gasteiger partial charge in [0.2, 0.25) is 5.13 Å². The highest BCUT2D eigenvalue weighted by molar-refractivity contribution is 8.00. The van der Waals surface area contributed by atoms with Crippen LogP contribution in [0.25, 0.3) is 22.2 Å². The van der Waals surface area contributed by atoms with Gasteiger partial charge in [-0.25, -0.2) is 4.98 Å². The minimum Gasteiger partial charge on any atom is -0.505 e. The predicted molar refractivity (Wildman–Crippen MR) is 180 cm³/mol.